The second-order valence-electron chi connectivity index (χ2n) is 13.9. The van der Waals surface area contributed by atoms with Gasteiger partial charge in [-0.3, -0.25) is 9.97 Å². The number of hydrogen-bond donors (Lipinski definition) is 3. The Morgan fingerprint density at radius 2 is 1.20 bits per heavy atom. The summed E-state index contributed by atoms with van der Waals surface area (Å²) in [4.78, 5) is 18.3. The van der Waals surface area contributed by atoms with Gasteiger partial charge in [0.05, 0.1) is 40.7 Å². The highest BCUT2D eigenvalue weighted by molar-refractivity contribution is 7.88. The number of nitrogens with one attached hydrogen (secondary N) is 3. The van der Waals surface area contributed by atoms with Crippen molar-refractivity contribution >= 4 is 66.5 Å². The van der Waals surface area contributed by atoms with E-state index in [4.69, 9.17) is 0 Å². The third-order valence-corrected chi connectivity index (χ3v) is 10.4. The zero-order valence-electron chi connectivity index (χ0n) is 30.8. The molecule has 0 spiro atoms. The molecule has 3 N–H and O–H groups in total. The van der Waals surface area contributed by atoms with Crippen molar-refractivity contribution in [2.24, 2.45) is 0 Å². The number of aromatic nitrogens is 8. The van der Waals surface area contributed by atoms with E-state index in [0.29, 0.717) is 42.4 Å². The number of fused-ring (bicyclic) bond motifs is 2. The lowest BCUT2D eigenvalue weighted by Crippen LogP contribution is -2.27. The molecule has 276 valence electrons. The summed E-state index contributed by atoms with van der Waals surface area (Å²) in [5.41, 5.74) is 9.65. The maximum Gasteiger partial charge on any atom is 0.211 e. The maximum absolute atomic E-state index is 11.8. The predicted octanol–water partition coefficient (Wildman–Crippen LogP) is 6.22. The Morgan fingerprint density at radius 3 is 1.67 bits per heavy atom. The van der Waals surface area contributed by atoms with Gasteiger partial charge in [0.1, 0.15) is 11.6 Å². The molecule has 54 heavy (non-hydrogen) atoms. The summed E-state index contributed by atoms with van der Waals surface area (Å²) in [7, 11) is -3.21. The summed E-state index contributed by atoms with van der Waals surface area (Å²) in [6, 6.07) is 15.6. The summed E-state index contributed by atoms with van der Waals surface area (Å²) < 4.78 is 24.9. The van der Waals surface area contributed by atoms with Gasteiger partial charge in [0.25, 0.3) is 0 Å². The average Bonchev–Trinajstić information content (AvgIpc) is 3.89. The Morgan fingerprint density at radius 1 is 0.667 bits per heavy atom. The van der Waals surface area contributed by atoms with Crippen LogP contribution in [-0.4, -0.2) is 85.5 Å². The molecule has 15 heteroatoms. The number of rotatable bonds is 9. The summed E-state index contributed by atoms with van der Waals surface area (Å²) in [5.74, 6) is 3.47. The van der Waals surface area contributed by atoms with Gasteiger partial charge in [-0.05, 0) is 93.8 Å². The fourth-order valence-electron chi connectivity index (χ4n) is 5.97. The molecule has 2 aliphatic rings. The standard InChI is InChI=1S/C20H22N6O2S.C19H20N6/c1-13(2)15-9-20(25-22-11-15)24-19-5-4-17-18(23-19)8-16(10-21-17)14-6-7-26(12-14)29(3,27)28;1-12(2)14-8-19(25-22-11-14)24-18-4-3-16-17(23-18)7-15(10-21-16)13-5-6-20-9-13/h4-6,8-11,13H,7,12H2,1-3H3,(H,23,24,25);3-5,7-8,10-12,20H,6,9H2,1-2H3,(H,23,24,25). The number of nitrogens with zero attached hydrogens (tertiary/aromatic N) is 9. The highest BCUT2D eigenvalue weighted by Crippen LogP contribution is 2.26. The molecule has 0 saturated heterocycles. The van der Waals surface area contributed by atoms with Gasteiger partial charge < -0.3 is 16.0 Å². The van der Waals surface area contributed by atoms with Crippen LogP contribution in [-0.2, 0) is 10.0 Å². The van der Waals surface area contributed by atoms with Crippen LogP contribution in [0.3, 0.4) is 0 Å². The van der Waals surface area contributed by atoms with E-state index in [9.17, 15) is 8.42 Å². The van der Waals surface area contributed by atoms with E-state index in [2.05, 4.69) is 96.1 Å². The van der Waals surface area contributed by atoms with Gasteiger partial charge in [-0.1, -0.05) is 39.8 Å². The minimum atomic E-state index is -3.21. The fourth-order valence-corrected chi connectivity index (χ4v) is 6.69. The SMILES string of the molecule is CC(C)c1cnnc(Nc2ccc3ncc(C4=CCN(S(C)(=O)=O)C4)cc3n2)c1.CC(C)c1cnnc(Nc2ccc3ncc(C4=CCNC4)cc3n2)c1. The monoisotopic (exact) mass is 742 g/mol. The van der Waals surface area contributed by atoms with Crippen molar-refractivity contribution in [1.82, 2.24) is 50.0 Å². The van der Waals surface area contributed by atoms with Crippen LogP contribution >= 0.6 is 0 Å². The summed E-state index contributed by atoms with van der Waals surface area (Å²) in [6.45, 7) is 11.0. The first-order chi connectivity index (χ1) is 26.0. The summed E-state index contributed by atoms with van der Waals surface area (Å²) >= 11 is 0. The average molecular weight is 743 g/mol. The van der Waals surface area contributed by atoms with Gasteiger partial charge in [-0.2, -0.15) is 14.5 Å². The van der Waals surface area contributed by atoms with E-state index < -0.39 is 10.0 Å². The van der Waals surface area contributed by atoms with Crippen molar-refractivity contribution in [3.63, 3.8) is 0 Å². The van der Waals surface area contributed by atoms with Crippen molar-refractivity contribution < 1.29 is 8.42 Å². The Labute approximate surface area is 314 Å². The maximum atomic E-state index is 11.8. The van der Waals surface area contributed by atoms with Crippen molar-refractivity contribution in [3.8, 4) is 0 Å². The molecule has 0 fully saturated rings. The van der Waals surface area contributed by atoms with E-state index in [1.165, 1.54) is 16.1 Å². The molecule has 0 amide bonds. The van der Waals surface area contributed by atoms with E-state index >= 15 is 0 Å². The van der Waals surface area contributed by atoms with Gasteiger partial charge >= 0.3 is 0 Å². The lowest BCUT2D eigenvalue weighted by molar-refractivity contribution is 0.496. The van der Waals surface area contributed by atoms with Crippen molar-refractivity contribution in [1.29, 1.82) is 0 Å². The molecule has 0 aromatic carbocycles. The van der Waals surface area contributed by atoms with Crippen LogP contribution in [0.2, 0.25) is 0 Å². The zero-order chi connectivity index (χ0) is 37.8. The van der Waals surface area contributed by atoms with Gasteiger partial charge in [0.15, 0.2) is 11.6 Å². The second kappa shape index (κ2) is 15.7. The molecule has 8 heterocycles. The Hall–Kier alpha value is -5.77. The molecule has 0 atom stereocenters. The molecule has 0 bridgehead atoms. The lowest BCUT2D eigenvalue weighted by atomic mass is 10.1. The lowest BCUT2D eigenvalue weighted by Gasteiger charge is -2.13. The largest absolute Gasteiger partial charge is 0.323 e. The topological polar surface area (TPSA) is 177 Å². The van der Waals surface area contributed by atoms with E-state index in [0.717, 1.165) is 68.8 Å². The minimum Gasteiger partial charge on any atom is -0.323 e. The zero-order valence-corrected chi connectivity index (χ0v) is 31.6. The van der Waals surface area contributed by atoms with Crippen molar-refractivity contribution in [3.05, 3.63) is 108 Å². The molecular formula is C39H42N12O2S. The van der Waals surface area contributed by atoms with Crippen LogP contribution in [0, 0.1) is 0 Å². The third-order valence-electron chi connectivity index (χ3n) is 9.18. The van der Waals surface area contributed by atoms with Crippen LogP contribution in [0.4, 0.5) is 23.3 Å². The van der Waals surface area contributed by atoms with E-state index in [1.54, 1.807) is 18.6 Å². The van der Waals surface area contributed by atoms with Gasteiger partial charge in [-0.25, -0.2) is 18.4 Å². The van der Waals surface area contributed by atoms with Crippen LogP contribution < -0.4 is 16.0 Å². The first kappa shape index (κ1) is 36.6. The summed E-state index contributed by atoms with van der Waals surface area (Å²) in [6.07, 6.45) is 12.5. The van der Waals surface area contributed by atoms with E-state index in [1.807, 2.05) is 54.7 Å². The molecule has 6 aromatic rings. The predicted molar refractivity (Wildman–Crippen MR) is 213 cm³/mol. The first-order valence-corrected chi connectivity index (χ1v) is 19.6. The smallest absolute Gasteiger partial charge is 0.211 e. The van der Waals surface area contributed by atoms with Crippen molar-refractivity contribution in [2.75, 3.05) is 43.1 Å². The third kappa shape index (κ3) is 8.71. The molecule has 0 aliphatic carbocycles. The second-order valence-corrected chi connectivity index (χ2v) is 15.9. The van der Waals surface area contributed by atoms with Crippen LogP contribution in [0.5, 0.6) is 0 Å². The molecule has 8 rings (SSSR count). The normalized spacial score (nSPS) is 14.6. The first-order valence-electron chi connectivity index (χ1n) is 17.8. The van der Waals surface area contributed by atoms with Crippen LogP contribution in [0.25, 0.3) is 33.2 Å². The fraction of sp³-hybridized carbons (Fsp3) is 0.282. The molecule has 0 radical (unpaired) electrons. The Kier molecular flexibility index (Phi) is 10.6. The Balaban J connectivity index is 0.000000168. The van der Waals surface area contributed by atoms with E-state index in [-0.39, 0.29) is 0 Å². The van der Waals surface area contributed by atoms with Crippen LogP contribution in [0.15, 0.2) is 85.5 Å². The molecule has 0 unspecified atom stereocenters. The quantitative estimate of drug-likeness (QED) is 0.152. The minimum absolute atomic E-state index is 0.349. The number of sulfonamides is 1. The highest BCUT2D eigenvalue weighted by Gasteiger charge is 2.23. The molecule has 14 nitrogen and oxygen atoms in total. The molecule has 2 aliphatic heterocycles. The molecular weight excluding hydrogens is 701 g/mol. The number of anilines is 4. The number of pyridine rings is 4. The van der Waals surface area contributed by atoms with Crippen molar-refractivity contribution in [2.45, 2.75) is 39.5 Å². The van der Waals surface area contributed by atoms with Gasteiger partial charge in [-0.15, -0.1) is 10.2 Å². The van der Waals surface area contributed by atoms with Gasteiger partial charge in [0.2, 0.25) is 10.0 Å². The van der Waals surface area contributed by atoms with Crippen LogP contribution in [0.1, 0.15) is 61.8 Å². The highest BCUT2D eigenvalue weighted by atomic mass is 32.2. The number of hydrogen-bond acceptors (Lipinski definition) is 13. The summed E-state index contributed by atoms with van der Waals surface area (Å²) in [5, 5.41) is 26.1. The molecule has 0 saturated carbocycles. The Bertz CT molecular complexity index is 2500. The van der Waals surface area contributed by atoms with Gasteiger partial charge in [0, 0.05) is 38.6 Å². The molecule has 6 aromatic heterocycles.